The molecule has 2 heterocycles. The summed E-state index contributed by atoms with van der Waals surface area (Å²) in [4.78, 5) is 9.35. The minimum atomic E-state index is 0.802. The number of aromatic nitrogens is 1. The first-order chi connectivity index (χ1) is 11.7. The van der Waals surface area contributed by atoms with Crippen molar-refractivity contribution < 1.29 is 4.74 Å². The van der Waals surface area contributed by atoms with Gasteiger partial charge in [0.25, 0.3) is 0 Å². The van der Waals surface area contributed by atoms with Crippen molar-refractivity contribution in [2.75, 3.05) is 12.4 Å². The van der Waals surface area contributed by atoms with Gasteiger partial charge in [-0.1, -0.05) is 12.1 Å². The van der Waals surface area contributed by atoms with Gasteiger partial charge in [-0.2, -0.15) is 0 Å². The Morgan fingerprint density at radius 1 is 1.00 bits per heavy atom. The normalized spacial score (nSPS) is 12.3. The number of aryl methyl sites for hydroxylation is 1. The number of hydrogen-bond acceptors (Lipinski definition) is 4. The van der Waals surface area contributed by atoms with Crippen LogP contribution >= 0.6 is 0 Å². The fraction of sp³-hybridized carbons (Fsp3) is 0.100. The highest BCUT2D eigenvalue weighted by Gasteiger charge is 2.18. The van der Waals surface area contributed by atoms with Crippen LogP contribution in [-0.4, -0.2) is 17.9 Å². The quantitative estimate of drug-likeness (QED) is 0.753. The highest BCUT2D eigenvalue weighted by molar-refractivity contribution is 6.13. The van der Waals surface area contributed by atoms with Gasteiger partial charge in [0.2, 0.25) is 0 Å². The number of benzene rings is 2. The molecular formula is C20H17N3O. The third-order valence-corrected chi connectivity index (χ3v) is 4.07. The van der Waals surface area contributed by atoms with Crippen molar-refractivity contribution in [1.29, 1.82) is 0 Å². The molecule has 1 aliphatic rings. The summed E-state index contributed by atoms with van der Waals surface area (Å²) in [6.07, 6.45) is 1.80. The molecule has 0 fully saturated rings. The van der Waals surface area contributed by atoms with Crippen molar-refractivity contribution in [2.24, 2.45) is 4.99 Å². The van der Waals surface area contributed by atoms with E-state index in [0.717, 1.165) is 39.8 Å². The number of rotatable bonds is 2. The van der Waals surface area contributed by atoms with Gasteiger partial charge in [-0.05, 0) is 55.0 Å². The van der Waals surface area contributed by atoms with Crippen LogP contribution in [-0.2, 0) is 0 Å². The molecule has 1 aliphatic heterocycles. The van der Waals surface area contributed by atoms with Crippen LogP contribution in [0.3, 0.4) is 0 Å². The molecule has 24 heavy (non-hydrogen) atoms. The summed E-state index contributed by atoms with van der Waals surface area (Å²) in [7, 11) is 1.66. The molecule has 0 unspecified atom stereocenters. The van der Waals surface area contributed by atoms with Gasteiger partial charge in [0.05, 0.1) is 18.5 Å². The molecule has 0 saturated heterocycles. The van der Waals surface area contributed by atoms with Crippen LogP contribution in [0.2, 0.25) is 0 Å². The van der Waals surface area contributed by atoms with Gasteiger partial charge in [-0.25, -0.2) is 4.99 Å². The Morgan fingerprint density at radius 3 is 2.62 bits per heavy atom. The molecule has 0 amide bonds. The molecule has 4 rings (SSSR count). The predicted octanol–water partition coefficient (Wildman–Crippen LogP) is 4.57. The Balaban J connectivity index is 1.89. The molecule has 0 bridgehead atoms. The van der Waals surface area contributed by atoms with E-state index in [9.17, 15) is 0 Å². The smallest absolute Gasteiger partial charge is 0.138 e. The molecule has 0 spiro atoms. The maximum atomic E-state index is 5.24. The maximum Gasteiger partial charge on any atom is 0.138 e. The van der Waals surface area contributed by atoms with E-state index in [1.54, 1.807) is 13.3 Å². The van der Waals surface area contributed by atoms with E-state index in [4.69, 9.17) is 9.73 Å². The summed E-state index contributed by atoms with van der Waals surface area (Å²) >= 11 is 0. The number of nitrogens with one attached hydrogen (secondary N) is 1. The van der Waals surface area contributed by atoms with Crippen molar-refractivity contribution in [3.63, 3.8) is 0 Å². The van der Waals surface area contributed by atoms with Gasteiger partial charge < -0.3 is 10.1 Å². The van der Waals surface area contributed by atoms with Gasteiger partial charge in [0, 0.05) is 23.0 Å². The Kier molecular flexibility index (Phi) is 3.50. The average Bonchev–Trinajstić information content (AvgIpc) is 2.78. The van der Waals surface area contributed by atoms with E-state index in [0.29, 0.717) is 0 Å². The second-order valence-electron chi connectivity index (χ2n) is 5.73. The van der Waals surface area contributed by atoms with E-state index < -0.39 is 0 Å². The first-order valence-electron chi connectivity index (χ1n) is 7.81. The van der Waals surface area contributed by atoms with Crippen LogP contribution in [0.15, 0.2) is 65.8 Å². The number of fused-ring (bicyclic) bond motifs is 3. The first-order valence-corrected chi connectivity index (χ1v) is 7.81. The van der Waals surface area contributed by atoms with Gasteiger partial charge in [0.1, 0.15) is 11.6 Å². The number of methoxy groups -OCH3 is 1. The van der Waals surface area contributed by atoms with Crippen molar-refractivity contribution in [2.45, 2.75) is 6.92 Å². The highest BCUT2D eigenvalue weighted by atomic mass is 16.5. The van der Waals surface area contributed by atoms with Crippen LogP contribution in [0.25, 0.3) is 11.3 Å². The highest BCUT2D eigenvalue weighted by Crippen LogP contribution is 2.37. The molecule has 1 N–H and O–H groups in total. The van der Waals surface area contributed by atoms with Gasteiger partial charge >= 0.3 is 0 Å². The molecule has 2 aromatic carbocycles. The first kappa shape index (κ1) is 14.5. The fourth-order valence-electron chi connectivity index (χ4n) is 2.82. The van der Waals surface area contributed by atoms with E-state index in [1.807, 2.05) is 36.4 Å². The maximum absolute atomic E-state index is 5.24. The summed E-state index contributed by atoms with van der Waals surface area (Å²) in [6.45, 7) is 2.08. The minimum absolute atomic E-state index is 0.802. The monoisotopic (exact) mass is 315 g/mol. The summed E-state index contributed by atoms with van der Waals surface area (Å²) < 4.78 is 5.24. The second-order valence-corrected chi connectivity index (χ2v) is 5.73. The third kappa shape index (κ3) is 2.52. The topological polar surface area (TPSA) is 46.5 Å². The molecule has 0 radical (unpaired) electrons. The van der Waals surface area contributed by atoms with Crippen LogP contribution in [0.4, 0.5) is 11.4 Å². The molecule has 0 atom stereocenters. The Hall–Kier alpha value is -3.14. The largest absolute Gasteiger partial charge is 0.497 e. The van der Waals surface area contributed by atoms with Crippen LogP contribution < -0.4 is 10.1 Å². The molecule has 0 aliphatic carbocycles. The number of anilines is 1. The number of amidine groups is 1. The minimum Gasteiger partial charge on any atom is -0.497 e. The molecule has 1 aromatic heterocycles. The van der Waals surface area contributed by atoms with Gasteiger partial charge in [-0.15, -0.1) is 0 Å². The van der Waals surface area contributed by atoms with Crippen LogP contribution in [0, 0.1) is 6.92 Å². The molecule has 118 valence electrons. The number of hydrogen-bond donors (Lipinski definition) is 1. The SMILES string of the molecule is COc1ccc(C2=Nc3cccnc3-c3ccc(C)cc3N2)cc1. The Bertz CT molecular complexity index is 930. The van der Waals surface area contributed by atoms with Crippen molar-refractivity contribution in [3.8, 4) is 17.0 Å². The number of pyridine rings is 1. The van der Waals surface area contributed by atoms with E-state index in [1.165, 1.54) is 5.56 Å². The number of aliphatic imine (C=N–C) groups is 1. The lowest BCUT2D eigenvalue weighted by Crippen LogP contribution is -2.13. The number of nitrogens with zero attached hydrogens (tertiary/aromatic N) is 2. The zero-order chi connectivity index (χ0) is 16.5. The number of ether oxygens (including phenoxy) is 1. The summed E-state index contributed by atoms with van der Waals surface area (Å²) in [5.74, 6) is 1.63. The molecule has 3 aromatic rings. The zero-order valence-corrected chi connectivity index (χ0v) is 13.6. The lowest BCUT2D eigenvalue weighted by atomic mass is 10.1. The summed E-state index contributed by atoms with van der Waals surface area (Å²) in [5, 5.41) is 3.47. The lowest BCUT2D eigenvalue weighted by molar-refractivity contribution is 0.415. The van der Waals surface area contributed by atoms with Gasteiger partial charge in [0.15, 0.2) is 0 Å². The third-order valence-electron chi connectivity index (χ3n) is 4.07. The van der Waals surface area contributed by atoms with E-state index in [2.05, 4.69) is 35.4 Å². The van der Waals surface area contributed by atoms with Crippen molar-refractivity contribution in [1.82, 2.24) is 4.98 Å². The van der Waals surface area contributed by atoms with E-state index >= 15 is 0 Å². The molecule has 4 heteroatoms. The molecule has 4 nitrogen and oxygen atoms in total. The van der Waals surface area contributed by atoms with Gasteiger partial charge in [-0.3, -0.25) is 4.98 Å². The van der Waals surface area contributed by atoms with E-state index in [-0.39, 0.29) is 0 Å². The van der Waals surface area contributed by atoms with Crippen LogP contribution in [0.5, 0.6) is 5.75 Å². The predicted molar refractivity (Wildman–Crippen MR) is 97.2 cm³/mol. The molecule has 0 saturated carbocycles. The van der Waals surface area contributed by atoms with Crippen molar-refractivity contribution in [3.05, 3.63) is 71.9 Å². The Morgan fingerprint density at radius 2 is 1.83 bits per heavy atom. The second kappa shape index (κ2) is 5.81. The standard InChI is InChI=1S/C20H17N3O/c1-13-5-10-16-18(12-13)23-20(14-6-8-15(24-2)9-7-14)22-17-4-3-11-21-19(16)17/h3-12H,1-2H3,(H,22,23). The zero-order valence-electron chi connectivity index (χ0n) is 13.6. The Labute approximate surface area is 140 Å². The molecular weight excluding hydrogens is 298 g/mol. The van der Waals surface area contributed by atoms with Crippen molar-refractivity contribution >= 4 is 17.2 Å². The summed E-state index contributed by atoms with van der Waals surface area (Å²) in [5.41, 5.74) is 6.02. The average molecular weight is 315 g/mol. The fourth-order valence-corrected chi connectivity index (χ4v) is 2.82. The lowest BCUT2D eigenvalue weighted by Gasteiger charge is -2.12. The van der Waals surface area contributed by atoms with Crippen LogP contribution in [0.1, 0.15) is 11.1 Å². The summed E-state index contributed by atoms with van der Waals surface area (Å²) in [6, 6.07) is 18.1.